The third-order valence-corrected chi connectivity index (χ3v) is 2.99. The number of aliphatic imine (C=N–C) groups is 1. The maximum Gasteiger partial charge on any atom is 0.106 e. The predicted molar refractivity (Wildman–Crippen MR) is 116 cm³/mol. The SMILES string of the molecule is C=O.CCC.CCC=Nc1ccc(-c2ccc(C)cc2)cc1C.COC. The highest BCUT2D eigenvalue weighted by Crippen LogP contribution is 2.26. The summed E-state index contributed by atoms with van der Waals surface area (Å²) in [4.78, 5) is 12.4. The van der Waals surface area contributed by atoms with Gasteiger partial charge in [-0.2, -0.15) is 0 Å². The average molecular weight is 358 g/mol. The first-order valence-electron chi connectivity index (χ1n) is 8.93. The number of hydrogen-bond acceptors (Lipinski definition) is 3. The summed E-state index contributed by atoms with van der Waals surface area (Å²) in [6, 6.07) is 15.1. The molecule has 144 valence electrons. The number of carbonyl (C=O) groups excluding carboxylic acids is 1. The quantitative estimate of drug-likeness (QED) is 0.582. The van der Waals surface area contributed by atoms with Gasteiger partial charge < -0.3 is 9.53 Å². The Hall–Kier alpha value is -2.26. The zero-order chi connectivity index (χ0) is 20.4. The fourth-order valence-electron chi connectivity index (χ4n) is 1.92. The summed E-state index contributed by atoms with van der Waals surface area (Å²) < 4.78 is 4.25. The van der Waals surface area contributed by atoms with Crippen LogP contribution in [0, 0.1) is 13.8 Å². The fraction of sp³-hybridized carbons (Fsp3) is 0.391. The molecule has 26 heavy (non-hydrogen) atoms. The van der Waals surface area contributed by atoms with Crippen LogP contribution in [-0.4, -0.2) is 27.2 Å². The molecule has 0 spiro atoms. The number of benzene rings is 2. The Morgan fingerprint density at radius 2 is 1.38 bits per heavy atom. The van der Waals surface area contributed by atoms with E-state index in [1.807, 2.05) is 13.0 Å². The Kier molecular flexibility index (Phi) is 17.5. The third-order valence-electron chi connectivity index (χ3n) is 2.99. The molecule has 0 saturated carbocycles. The highest BCUT2D eigenvalue weighted by molar-refractivity contribution is 5.70. The van der Waals surface area contributed by atoms with Gasteiger partial charge in [0, 0.05) is 20.4 Å². The number of methoxy groups -OCH3 is 1. The molecule has 2 rings (SSSR count). The van der Waals surface area contributed by atoms with Crippen LogP contribution >= 0.6 is 0 Å². The zero-order valence-corrected chi connectivity index (χ0v) is 17.5. The number of carbonyl (C=O) groups is 1. The summed E-state index contributed by atoms with van der Waals surface area (Å²) in [6.45, 7) is 12.6. The normalized spacial score (nSPS) is 9.19. The monoisotopic (exact) mass is 357 g/mol. The molecule has 0 bridgehead atoms. The second-order valence-corrected chi connectivity index (χ2v) is 5.70. The summed E-state index contributed by atoms with van der Waals surface area (Å²) in [7, 11) is 3.25. The van der Waals surface area contributed by atoms with Gasteiger partial charge in [-0.3, -0.25) is 4.99 Å². The summed E-state index contributed by atoms with van der Waals surface area (Å²) in [5, 5.41) is 0. The van der Waals surface area contributed by atoms with E-state index in [9.17, 15) is 0 Å². The molecule has 2 aromatic carbocycles. The second kappa shape index (κ2) is 17.6. The van der Waals surface area contributed by atoms with Crippen molar-refractivity contribution in [3.8, 4) is 11.1 Å². The van der Waals surface area contributed by atoms with E-state index in [2.05, 4.69) is 86.8 Å². The number of ether oxygens (including phenoxy) is 1. The molecule has 0 fully saturated rings. The lowest BCUT2D eigenvalue weighted by molar-refractivity contribution is -0.0979. The van der Waals surface area contributed by atoms with Gasteiger partial charge in [-0.1, -0.05) is 63.1 Å². The predicted octanol–water partition coefficient (Wildman–Crippen LogP) is 6.58. The van der Waals surface area contributed by atoms with Crippen molar-refractivity contribution in [3.63, 3.8) is 0 Å². The van der Waals surface area contributed by atoms with Crippen molar-refractivity contribution in [3.05, 3.63) is 53.6 Å². The summed E-state index contributed by atoms with van der Waals surface area (Å²) in [5.41, 5.74) is 6.09. The smallest absolute Gasteiger partial charge is 0.106 e. The minimum atomic E-state index is 0.971. The minimum absolute atomic E-state index is 0.971. The van der Waals surface area contributed by atoms with Gasteiger partial charge in [0.05, 0.1) is 5.69 Å². The lowest BCUT2D eigenvalue weighted by Gasteiger charge is -2.06. The van der Waals surface area contributed by atoms with E-state index >= 15 is 0 Å². The Balaban J connectivity index is 0. The first-order valence-corrected chi connectivity index (χ1v) is 8.93. The second-order valence-electron chi connectivity index (χ2n) is 5.70. The fourth-order valence-corrected chi connectivity index (χ4v) is 1.92. The van der Waals surface area contributed by atoms with Crippen molar-refractivity contribution in [1.82, 2.24) is 0 Å². The van der Waals surface area contributed by atoms with Crippen LogP contribution < -0.4 is 0 Å². The van der Waals surface area contributed by atoms with E-state index in [4.69, 9.17) is 4.79 Å². The van der Waals surface area contributed by atoms with Crippen LogP contribution in [0.1, 0.15) is 44.7 Å². The Labute approximate surface area is 160 Å². The van der Waals surface area contributed by atoms with Gasteiger partial charge in [0.1, 0.15) is 6.79 Å². The number of aryl methyl sites for hydroxylation is 2. The molecule has 0 radical (unpaired) electrons. The van der Waals surface area contributed by atoms with Crippen LogP contribution in [0.3, 0.4) is 0 Å². The zero-order valence-electron chi connectivity index (χ0n) is 17.5. The molecule has 3 heteroatoms. The van der Waals surface area contributed by atoms with Gasteiger partial charge in [0.2, 0.25) is 0 Å². The van der Waals surface area contributed by atoms with Crippen molar-refractivity contribution >= 4 is 18.7 Å². The van der Waals surface area contributed by atoms with Crippen molar-refractivity contribution < 1.29 is 9.53 Å². The van der Waals surface area contributed by atoms with Crippen LogP contribution in [0.5, 0.6) is 0 Å². The third kappa shape index (κ3) is 11.3. The molecular formula is C23H35NO2. The lowest BCUT2D eigenvalue weighted by Crippen LogP contribution is -1.82. The highest BCUT2D eigenvalue weighted by Gasteiger charge is 2.01. The van der Waals surface area contributed by atoms with E-state index in [1.54, 1.807) is 14.2 Å². The Morgan fingerprint density at radius 3 is 1.81 bits per heavy atom. The van der Waals surface area contributed by atoms with Crippen LogP contribution in [0.25, 0.3) is 11.1 Å². The van der Waals surface area contributed by atoms with Crippen molar-refractivity contribution in [1.29, 1.82) is 0 Å². The molecule has 0 amide bonds. The molecule has 0 saturated heterocycles. The first kappa shape index (κ1) is 26.0. The van der Waals surface area contributed by atoms with Crippen molar-refractivity contribution in [2.75, 3.05) is 14.2 Å². The van der Waals surface area contributed by atoms with E-state index in [0.717, 1.165) is 12.1 Å². The van der Waals surface area contributed by atoms with Crippen LogP contribution in [0.15, 0.2) is 47.5 Å². The molecule has 0 N–H and O–H groups in total. The van der Waals surface area contributed by atoms with Gasteiger partial charge in [-0.25, -0.2) is 0 Å². The lowest BCUT2D eigenvalue weighted by atomic mass is 10.0. The standard InChI is InChI=1S/C17H19N.C3H8.C2H6O.CH2O/c1-4-11-18-17-10-9-16(12-14(17)3)15-7-5-13(2)6-8-15;2*1-3-2;1-2/h5-12H,4H2,1-3H3;3H2,1-2H3;1-2H3;1H2. The molecule has 0 aromatic heterocycles. The van der Waals surface area contributed by atoms with E-state index in [-0.39, 0.29) is 0 Å². The minimum Gasteiger partial charge on any atom is -0.388 e. The largest absolute Gasteiger partial charge is 0.388 e. The molecule has 0 aliphatic heterocycles. The topological polar surface area (TPSA) is 38.7 Å². The molecular weight excluding hydrogens is 322 g/mol. The molecule has 3 nitrogen and oxygen atoms in total. The summed E-state index contributed by atoms with van der Waals surface area (Å²) in [6.07, 6.45) is 4.17. The van der Waals surface area contributed by atoms with Gasteiger partial charge in [-0.05, 0) is 49.1 Å². The average Bonchev–Trinajstić information content (AvgIpc) is 2.64. The number of nitrogens with zero attached hydrogens (tertiary/aromatic N) is 1. The summed E-state index contributed by atoms with van der Waals surface area (Å²) >= 11 is 0. The van der Waals surface area contributed by atoms with E-state index in [0.29, 0.717) is 0 Å². The number of rotatable bonds is 3. The van der Waals surface area contributed by atoms with Gasteiger partial charge in [-0.15, -0.1) is 0 Å². The summed E-state index contributed by atoms with van der Waals surface area (Å²) in [5.74, 6) is 0. The van der Waals surface area contributed by atoms with E-state index in [1.165, 1.54) is 28.7 Å². The molecule has 0 atom stereocenters. The van der Waals surface area contributed by atoms with Crippen molar-refractivity contribution in [2.24, 2.45) is 4.99 Å². The van der Waals surface area contributed by atoms with Crippen LogP contribution in [0.4, 0.5) is 5.69 Å². The number of hydrogen-bond donors (Lipinski definition) is 0. The Morgan fingerprint density at radius 1 is 0.923 bits per heavy atom. The van der Waals surface area contributed by atoms with Gasteiger partial charge in [0.15, 0.2) is 0 Å². The maximum absolute atomic E-state index is 8.00. The Bertz CT molecular complexity index is 602. The molecule has 0 heterocycles. The highest BCUT2D eigenvalue weighted by atomic mass is 16.4. The van der Waals surface area contributed by atoms with Crippen LogP contribution in [-0.2, 0) is 9.53 Å². The molecule has 2 aromatic rings. The maximum atomic E-state index is 8.00. The molecule has 0 aliphatic rings. The van der Waals surface area contributed by atoms with Crippen molar-refractivity contribution in [2.45, 2.75) is 47.5 Å². The van der Waals surface area contributed by atoms with Crippen LogP contribution in [0.2, 0.25) is 0 Å². The van der Waals surface area contributed by atoms with E-state index < -0.39 is 0 Å². The molecule has 0 unspecified atom stereocenters. The molecule has 0 aliphatic carbocycles. The van der Waals surface area contributed by atoms with Gasteiger partial charge >= 0.3 is 0 Å². The first-order chi connectivity index (χ1) is 12.5. The van der Waals surface area contributed by atoms with Gasteiger partial charge in [0.25, 0.3) is 0 Å².